The number of sulfonamides is 1. The van der Waals surface area contributed by atoms with E-state index in [0.29, 0.717) is 6.42 Å². The molecule has 0 saturated carbocycles. The Kier molecular flexibility index (Phi) is 4.17. The number of carboxylic acid groups (broad SMARTS) is 1. The normalized spacial score (nSPS) is 20.2. The lowest BCUT2D eigenvalue weighted by Crippen LogP contribution is -2.40. The minimum Gasteiger partial charge on any atom is -0.480 e. The van der Waals surface area contributed by atoms with Gasteiger partial charge in [0, 0.05) is 6.54 Å². The van der Waals surface area contributed by atoms with Gasteiger partial charge in [0.2, 0.25) is 10.0 Å². The molecular formula is C12H13BrFNO4S. The van der Waals surface area contributed by atoms with Crippen LogP contribution in [0.5, 0.6) is 0 Å². The highest BCUT2D eigenvalue weighted by Gasteiger charge is 2.40. The van der Waals surface area contributed by atoms with E-state index >= 15 is 0 Å². The summed E-state index contributed by atoms with van der Waals surface area (Å²) in [4.78, 5) is 11.1. The van der Waals surface area contributed by atoms with Crippen molar-refractivity contribution < 1.29 is 22.7 Å². The number of hydrogen-bond donors (Lipinski definition) is 1. The van der Waals surface area contributed by atoms with Gasteiger partial charge in [-0.1, -0.05) is 0 Å². The molecule has 5 nitrogen and oxygen atoms in total. The average molecular weight is 366 g/mol. The number of benzene rings is 1. The van der Waals surface area contributed by atoms with E-state index in [0.717, 1.165) is 10.4 Å². The van der Waals surface area contributed by atoms with Crippen LogP contribution in [0.2, 0.25) is 0 Å². The average Bonchev–Trinajstić information content (AvgIpc) is 2.83. The van der Waals surface area contributed by atoms with Crippen molar-refractivity contribution in [1.29, 1.82) is 0 Å². The van der Waals surface area contributed by atoms with Crippen LogP contribution in [0, 0.1) is 12.7 Å². The first kappa shape index (κ1) is 15.4. The van der Waals surface area contributed by atoms with Crippen LogP contribution in [0.4, 0.5) is 4.39 Å². The first-order valence-electron chi connectivity index (χ1n) is 5.95. The summed E-state index contributed by atoms with van der Waals surface area (Å²) in [5.74, 6) is -1.72. The molecule has 2 rings (SSSR count). The molecule has 0 spiro atoms. The van der Waals surface area contributed by atoms with Gasteiger partial charge in [0.25, 0.3) is 0 Å². The molecule has 8 heteroatoms. The zero-order chi connectivity index (χ0) is 15.1. The Morgan fingerprint density at radius 1 is 1.50 bits per heavy atom. The summed E-state index contributed by atoms with van der Waals surface area (Å²) in [6.45, 7) is 1.64. The smallest absolute Gasteiger partial charge is 0.322 e. The lowest BCUT2D eigenvalue weighted by Gasteiger charge is -2.22. The van der Waals surface area contributed by atoms with Crippen LogP contribution >= 0.6 is 15.9 Å². The Balaban J connectivity index is 2.50. The molecule has 0 aliphatic carbocycles. The molecule has 110 valence electrons. The van der Waals surface area contributed by atoms with Crippen LogP contribution in [0.15, 0.2) is 21.5 Å². The third kappa shape index (κ3) is 2.59. The number of carbonyl (C=O) groups is 1. The van der Waals surface area contributed by atoms with Gasteiger partial charge in [-0.15, -0.1) is 0 Å². The molecule has 20 heavy (non-hydrogen) atoms. The highest BCUT2D eigenvalue weighted by molar-refractivity contribution is 9.10. The molecule has 1 N–H and O–H groups in total. The zero-order valence-corrected chi connectivity index (χ0v) is 13.0. The lowest BCUT2D eigenvalue weighted by molar-refractivity contribution is -0.140. The van der Waals surface area contributed by atoms with E-state index in [9.17, 15) is 17.6 Å². The van der Waals surface area contributed by atoms with Gasteiger partial charge in [0.1, 0.15) is 11.9 Å². The summed E-state index contributed by atoms with van der Waals surface area (Å²) < 4.78 is 39.5. The number of aliphatic carboxylic acids is 1. The van der Waals surface area contributed by atoms with Crippen LogP contribution in [0.3, 0.4) is 0 Å². The lowest BCUT2D eigenvalue weighted by atomic mass is 10.2. The Labute approximate surface area is 124 Å². The summed E-state index contributed by atoms with van der Waals surface area (Å²) in [5.41, 5.74) is 0.252. The number of carboxylic acids is 1. The van der Waals surface area contributed by atoms with E-state index in [1.165, 1.54) is 13.0 Å². The predicted octanol–water partition coefficient (Wildman–Crippen LogP) is 2.13. The van der Waals surface area contributed by atoms with Gasteiger partial charge in [-0.05, 0) is 53.4 Å². The molecule has 1 aromatic carbocycles. The molecule has 1 saturated heterocycles. The van der Waals surface area contributed by atoms with Crippen molar-refractivity contribution in [2.75, 3.05) is 6.54 Å². The molecule has 0 amide bonds. The van der Waals surface area contributed by atoms with Gasteiger partial charge in [0.15, 0.2) is 0 Å². The van der Waals surface area contributed by atoms with E-state index in [1.54, 1.807) is 0 Å². The summed E-state index contributed by atoms with van der Waals surface area (Å²) in [7, 11) is -3.95. The Bertz CT molecular complexity index is 662. The fourth-order valence-electron chi connectivity index (χ4n) is 2.31. The molecule has 1 aliphatic rings. The van der Waals surface area contributed by atoms with Crippen molar-refractivity contribution in [3.8, 4) is 0 Å². The second-order valence-corrected chi connectivity index (χ2v) is 7.36. The fourth-order valence-corrected chi connectivity index (χ4v) is 4.69. The van der Waals surface area contributed by atoms with E-state index in [-0.39, 0.29) is 27.9 Å². The first-order chi connectivity index (χ1) is 9.25. The number of halogens is 2. The number of rotatable bonds is 3. The molecule has 0 bridgehead atoms. The third-order valence-corrected chi connectivity index (χ3v) is 5.95. The zero-order valence-electron chi connectivity index (χ0n) is 10.6. The summed E-state index contributed by atoms with van der Waals surface area (Å²) in [6, 6.07) is 1.24. The van der Waals surface area contributed by atoms with E-state index in [4.69, 9.17) is 5.11 Å². The van der Waals surface area contributed by atoms with Crippen LogP contribution in [0.1, 0.15) is 18.4 Å². The minimum atomic E-state index is -3.95. The van der Waals surface area contributed by atoms with Crippen molar-refractivity contribution in [3.05, 3.63) is 28.0 Å². The molecule has 0 radical (unpaired) electrons. The standard InChI is InChI=1S/C12H13BrFNO4S/c1-7-5-9(14)8(13)6-11(7)20(18,19)15-4-2-3-10(15)12(16)17/h5-6,10H,2-4H2,1H3,(H,16,17). The van der Waals surface area contributed by atoms with Gasteiger partial charge >= 0.3 is 5.97 Å². The number of aryl methyl sites for hydroxylation is 1. The minimum absolute atomic E-state index is 0.0350. The molecule has 1 fully saturated rings. The quantitative estimate of drug-likeness (QED) is 0.890. The number of nitrogens with zero attached hydrogens (tertiary/aromatic N) is 1. The SMILES string of the molecule is Cc1cc(F)c(Br)cc1S(=O)(=O)N1CCCC1C(=O)O. The maximum atomic E-state index is 13.4. The highest BCUT2D eigenvalue weighted by atomic mass is 79.9. The monoisotopic (exact) mass is 365 g/mol. The largest absolute Gasteiger partial charge is 0.480 e. The van der Waals surface area contributed by atoms with Crippen molar-refractivity contribution in [2.24, 2.45) is 0 Å². The predicted molar refractivity (Wildman–Crippen MR) is 73.4 cm³/mol. The molecule has 1 atom stereocenters. The Morgan fingerprint density at radius 2 is 2.15 bits per heavy atom. The van der Waals surface area contributed by atoms with Gasteiger partial charge < -0.3 is 5.11 Å². The van der Waals surface area contributed by atoms with Crippen molar-refractivity contribution in [3.63, 3.8) is 0 Å². The summed E-state index contributed by atoms with van der Waals surface area (Å²) >= 11 is 2.95. The molecular weight excluding hydrogens is 353 g/mol. The van der Waals surface area contributed by atoms with E-state index < -0.39 is 27.9 Å². The topological polar surface area (TPSA) is 74.7 Å². The maximum Gasteiger partial charge on any atom is 0.322 e. The highest BCUT2D eigenvalue weighted by Crippen LogP contribution is 2.30. The third-order valence-electron chi connectivity index (χ3n) is 3.29. The molecule has 1 unspecified atom stereocenters. The van der Waals surface area contributed by atoms with Gasteiger partial charge in [-0.2, -0.15) is 4.31 Å². The summed E-state index contributed by atoms with van der Waals surface area (Å²) in [6.07, 6.45) is 0.785. The van der Waals surface area contributed by atoms with Crippen LogP contribution in [0.25, 0.3) is 0 Å². The maximum absolute atomic E-state index is 13.4. The summed E-state index contributed by atoms with van der Waals surface area (Å²) in [5, 5.41) is 9.09. The number of hydrogen-bond acceptors (Lipinski definition) is 3. The molecule has 1 aliphatic heterocycles. The van der Waals surface area contributed by atoms with Crippen molar-refractivity contribution in [2.45, 2.75) is 30.7 Å². The van der Waals surface area contributed by atoms with E-state index in [2.05, 4.69) is 15.9 Å². The van der Waals surface area contributed by atoms with E-state index in [1.807, 2.05) is 0 Å². The first-order valence-corrected chi connectivity index (χ1v) is 8.18. The van der Waals surface area contributed by atoms with Crippen LogP contribution in [-0.4, -0.2) is 36.4 Å². The van der Waals surface area contributed by atoms with Crippen molar-refractivity contribution >= 4 is 31.9 Å². The van der Waals surface area contributed by atoms with Crippen molar-refractivity contribution in [1.82, 2.24) is 4.31 Å². The van der Waals surface area contributed by atoms with Crippen LogP contribution in [-0.2, 0) is 14.8 Å². The fraction of sp³-hybridized carbons (Fsp3) is 0.417. The Morgan fingerprint density at radius 3 is 2.75 bits per heavy atom. The Hall–Kier alpha value is -0.990. The second-order valence-electron chi connectivity index (χ2n) is 4.64. The van der Waals surface area contributed by atoms with Gasteiger partial charge in [-0.25, -0.2) is 12.8 Å². The van der Waals surface area contributed by atoms with Gasteiger partial charge in [0.05, 0.1) is 9.37 Å². The molecule has 1 aromatic rings. The van der Waals surface area contributed by atoms with Crippen LogP contribution < -0.4 is 0 Å². The molecule has 1 heterocycles. The second kappa shape index (κ2) is 5.42. The molecule has 0 aromatic heterocycles. The van der Waals surface area contributed by atoms with Gasteiger partial charge in [-0.3, -0.25) is 4.79 Å².